The van der Waals surface area contributed by atoms with Crippen LogP contribution in [0.15, 0.2) is 75.9 Å². The number of carbonyl (C=O) groups is 1. The Kier molecular flexibility index (Phi) is 4.88. The zero-order valence-electron chi connectivity index (χ0n) is 15.1. The van der Waals surface area contributed by atoms with Gasteiger partial charge in [-0.25, -0.2) is 0 Å². The number of carbonyl (C=O) groups excluding carboxylic acids is 1. The molecule has 0 unspecified atom stereocenters. The molecular weight excluding hydrogens is 358 g/mol. The van der Waals surface area contributed by atoms with Gasteiger partial charge in [0.1, 0.15) is 5.75 Å². The van der Waals surface area contributed by atoms with Crippen LogP contribution in [0.2, 0.25) is 0 Å². The number of aromatic nitrogens is 2. The lowest BCUT2D eigenvalue weighted by molar-refractivity contribution is -0.118. The quantitative estimate of drug-likeness (QED) is 0.540. The van der Waals surface area contributed by atoms with Gasteiger partial charge >= 0.3 is 0 Å². The molecule has 0 fully saturated rings. The molecule has 1 amide bonds. The van der Waals surface area contributed by atoms with Crippen LogP contribution in [0, 0.1) is 6.92 Å². The van der Waals surface area contributed by atoms with Gasteiger partial charge in [0.05, 0.1) is 6.26 Å². The molecule has 140 valence electrons. The minimum atomic E-state index is -0.237. The van der Waals surface area contributed by atoms with E-state index in [1.165, 1.54) is 6.26 Å². The Morgan fingerprint density at radius 2 is 2.00 bits per heavy atom. The van der Waals surface area contributed by atoms with Gasteiger partial charge in [-0.1, -0.05) is 35.5 Å². The maximum Gasteiger partial charge on any atom is 0.293 e. The van der Waals surface area contributed by atoms with E-state index in [-0.39, 0.29) is 12.5 Å². The van der Waals surface area contributed by atoms with E-state index in [4.69, 9.17) is 13.7 Å². The Bertz CT molecular complexity index is 1090. The van der Waals surface area contributed by atoms with Crippen molar-refractivity contribution in [3.8, 4) is 28.8 Å². The summed E-state index contributed by atoms with van der Waals surface area (Å²) in [7, 11) is 0. The first-order chi connectivity index (χ1) is 13.7. The monoisotopic (exact) mass is 375 g/mol. The first-order valence-electron chi connectivity index (χ1n) is 8.65. The number of nitrogens with one attached hydrogen (secondary N) is 1. The highest BCUT2D eigenvalue weighted by Crippen LogP contribution is 2.25. The minimum Gasteiger partial charge on any atom is -0.484 e. The fraction of sp³-hybridized carbons (Fsp3) is 0.0952. The molecule has 0 aliphatic heterocycles. The van der Waals surface area contributed by atoms with E-state index in [0.29, 0.717) is 28.8 Å². The van der Waals surface area contributed by atoms with E-state index < -0.39 is 0 Å². The van der Waals surface area contributed by atoms with Crippen LogP contribution in [0.3, 0.4) is 0 Å². The van der Waals surface area contributed by atoms with Gasteiger partial charge in [0, 0.05) is 11.3 Å². The van der Waals surface area contributed by atoms with Crippen molar-refractivity contribution in [1.29, 1.82) is 0 Å². The van der Waals surface area contributed by atoms with Crippen LogP contribution in [-0.2, 0) is 4.79 Å². The molecule has 2 aromatic carbocycles. The van der Waals surface area contributed by atoms with Crippen molar-refractivity contribution >= 4 is 11.6 Å². The molecule has 0 bridgehead atoms. The maximum atomic E-state index is 12.1. The summed E-state index contributed by atoms with van der Waals surface area (Å²) in [5.74, 6) is 1.49. The molecule has 1 N–H and O–H groups in total. The third-order valence-electron chi connectivity index (χ3n) is 4.04. The maximum absolute atomic E-state index is 12.1. The molecule has 2 heterocycles. The summed E-state index contributed by atoms with van der Waals surface area (Å²) >= 11 is 0. The number of hydrogen-bond donors (Lipinski definition) is 1. The molecule has 0 saturated carbocycles. The number of hydrogen-bond acceptors (Lipinski definition) is 6. The average molecular weight is 375 g/mol. The zero-order chi connectivity index (χ0) is 19.3. The number of rotatable bonds is 6. The van der Waals surface area contributed by atoms with E-state index in [1.807, 2.05) is 37.3 Å². The van der Waals surface area contributed by atoms with Crippen molar-refractivity contribution in [2.45, 2.75) is 6.92 Å². The molecule has 0 radical (unpaired) electrons. The molecule has 0 atom stereocenters. The van der Waals surface area contributed by atoms with Gasteiger partial charge in [-0.3, -0.25) is 4.79 Å². The van der Waals surface area contributed by atoms with Crippen LogP contribution < -0.4 is 10.1 Å². The Hall–Kier alpha value is -3.87. The highest BCUT2D eigenvalue weighted by atomic mass is 16.5. The molecule has 0 aliphatic carbocycles. The van der Waals surface area contributed by atoms with Crippen LogP contribution in [0.5, 0.6) is 5.75 Å². The van der Waals surface area contributed by atoms with Crippen LogP contribution >= 0.6 is 0 Å². The van der Waals surface area contributed by atoms with Crippen molar-refractivity contribution in [2.75, 3.05) is 11.9 Å². The Morgan fingerprint density at radius 1 is 1.11 bits per heavy atom. The lowest BCUT2D eigenvalue weighted by atomic mass is 10.2. The fourth-order valence-electron chi connectivity index (χ4n) is 2.61. The summed E-state index contributed by atoms with van der Waals surface area (Å²) in [4.78, 5) is 16.5. The number of aryl methyl sites for hydroxylation is 1. The van der Waals surface area contributed by atoms with Gasteiger partial charge in [0.15, 0.2) is 12.4 Å². The molecule has 0 spiro atoms. The number of ether oxygens (including phenoxy) is 1. The van der Waals surface area contributed by atoms with Gasteiger partial charge in [0.2, 0.25) is 5.82 Å². The van der Waals surface area contributed by atoms with E-state index in [1.54, 1.807) is 30.3 Å². The predicted molar refractivity (Wildman–Crippen MR) is 103 cm³/mol. The SMILES string of the molecule is Cc1ccccc1NC(=O)COc1cccc(-c2noc(-c3ccco3)n2)c1. The summed E-state index contributed by atoms with van der Waals surface area (Å²) in [6.07, 6.45) is 1.54. The normalized spacial score (nSPS) is 10.6. The third-order valence-corrected chi connectivity index (χ3v) is 4.04. The first-order valence-corrected chi connectivity index (χ1v) is 8.65. The van der Waals surface area contributed by atoms with Crippen molar-refractivity contribution in [3.05, 3.63) is 72.5 Å². The molecule has 4 aromatic rings. The van der Waals surface area contributed by atoms with Crippen LogP contribution in [0.25, 0.3) is 23.0 Å². The second kappa shape index (κ2) is 7.79. The topological polar surface area (TPSA) is 90.4 Å². The van der Waals surface area contributed by atoms with E-state index >= 15 is 0 Å². The lowest BCUT2D eigenvalue weighted by Gasteiger charge is -2.09. The standard InChI is InChI=1S/C21H17N3O4/c1-14-6-2-3-9-17(14)22-19(25)13-27-16-8-4-7-15(12-16)20-23-21(28-24-20)18-10-5-11-26-18/h2-12H,13H2,1H3,(H,22,25). The molecule has 28 heavy (non-hydrogen) atoms. The number of benzene rings is 2. The summed E-state index contributed by atoms with van der Waals surface area (Å²) in [5.41, 5.74) is 2.46. The van der Waals surface area contributed by atoms with Crippen molar-refractivity contribution in [3.63, 3.8) is 0 Å². The number of furan rings is 1. The molecule has 4 rings (SSSR count). The van der Waals surface area contributed by atoms with Gasteiger partial charge in [-0.15, -0.1) is 0 Å². The van der Waals surface area contributed by atoms with Crippen molar-refractivity contribution < 1.29 is 18.5 Å². The van der Waals surface area contributed by atoms with Crippen molar-refractivity contribution in [1.82, 2.24) is 10.1 Å². The first kappa shape index (κ1) is 17.5. The van der Waals surface area contributed by atoms with E-state index in [9.17, 15) is 4.79 Å². The second-order valence-corrected chi connectivity index (χ2v) is 6.08. The zero-order valence-corrected chi connectivity index (χ0v) is 15.1. The fourth-order valence-corrected chi connectivity index (χ4v) is 2.61. The number of nitrogens with zero attached hydrogens (tertiary/aromatic N) is 2. The van der Waals surface area contributed by atoms with E-state index in [0.717, 1.165) is 11.3 Å². The smallest absolute Gasteiger partial charge is 0.293 e. The highest BCUT2D eigenvalue weighted by Gasteiger charge is 2.13. The Balaban J connectivity index is 1.41. The number of para-hydroxylation sites is 1. The van der Waals surface area contributed by atoms with Gasteiger partial charge in [-0.05, 0) is 42.8 Å². The molecule has 0 saturated heterocycles. The minimum absolute atomic E-state index is 0.109. The Labute approximate surface area is 161 Å². The summed E-state index contributed by atoms with van der Waals surface area (Å²) < 4.78 is 16.1. The van der Waals surface area contributed by atoms with Crippen molar-refractivity contribution in [2.24, 2.45) is 0 Å². The molecular formula is C21H17N3O4. The average Bonchev–Trinajstić information content (AvgIpc) is 3.40. The van der Waals surface area contributed by atoms with Gasteiger partial charge in [0.25, 0.3) is 11.8 Å². The third kappa shape index (κ3) is 3.93. The highest BCUT2D eigenvalue weighted by molar-refractivity contribution is 5.92. The number of anilines is 1. The van der Waals surface area contributed by atoms with Crippen LogP contribution in [0.1, 0.15) is 5.56 Å². The van der Waals surface area contributed by atoms with Gasteiger partial charge < -0.3 is 19.0 Å². The Morgan fingerprint density at radius 3 is 2.82 bits per heavy atom. The lowest BCUT2D eigenvalue weighted by Crippen LogP contribution is -2.20. The van der Waals surface area contributed by atoms with E-state index in [2.05, 4.69) is 15.5 Å². The summed E-state index contributed by atoms with van der Waals surface area (Å²) in [6.45, 7) is 1.82. The second-order valence-electron chi connectivity index (χ2n) is 6.08. The van der Waals surface area contributed by atoms with Gasteiger partial charge in [-0.2, -0.15) is 4.98 Å². The van der Waals surface area contributed by atoms with Crippen LogP contribution in [0.4, 0.5) is 5.69 Å². The molecule has 7 heteroatoms. The molecule has 2 aromatic heterocycles. The summed E-state index contributed by atoms with van der Waals surface area (Å²) in [6, 6.07) is 18.2. The largest absolute Gasteiger partial charge is 0.484 e. The predicted octanol–water partition coefficient (Wildman–Crippen LogP) is 4.32. The molecule has 0 aliphatic rings. The van der Waals surface area contributed by atoms with Crippen LogP contribution in [-0.4, -0.2) is 22.7 Å². The summed E-state index contributed by atoms with van der Waals surface area (Å²) in [5, 5.41) is 6.79. The number of amides is 1. The molecule has 7 nitrogen and oxygen atoms in total.